The van der Waals surface area contributed by atoms with Gasteiger partial charge in [-0.1, -0.05) is 12.1 Å². The summed E-state index contributed by atoms with van der Waals surface area (Å²) in [7, 11) is 2.03. The number of hydrogen-bond donors (Lipinski definition) is 2. The number of hydrogen-bond acceptors (Lipinski definition) is 4. The molecular weight excluding hydrogens is 256 g/mol. The van der Waals surface area contributed by atoms with Crippen LogP contribution in [0.25, 0.3) is 0 Å². The number of nitrogens with zero attached hydrogens (tertiary/aromatic N) is 1. The zero-order chi connectivity index (χ0) is 14.0. The summed E-state index contributed by atoms with van der Waals surface area (Å²) in [4.78, 5) is 3.45. The first-order valence-corrected chi connectivity index (χ1v) is 7.23. The first-order chi connectivity index (χ1) is 9.00. The molecule has 3 nitrogen and oxygen atoms in total. The molecule has 3 N–H and O–H groups in total. The van der Waals surface area contributed by atoms with Gasteiger partial charge in [0.25, 0.3) is 0 Å². The van der Waals surface area contributed by atoms with Gasteiger partial charge >= 0.3 is 0 Å². The Kier molecular flexibility index (Phi) is 4.12. The number of anilines is 1. The van der Waals surface area contributed by atoms with Gasteiger partial charge in [-0.15, -0.1) is 11.3 Å². The first-order valence-electron chi connectivity index (χ1n) is 6.35. The van der Waals surface area contributed by atoms with E-state index in [4.69, 9.17) is 5.73 Å². The monoisotopic (exact) mass is 276 g/mol. The van der Waals surface area contributed by atoms with Crippen LogP contribution in [0.5, 0.6) is 5.75 Å². The summed E-state index contributed by atoms with van der Waals surface area (Å²) in [5, 5.41) is 12.1. The maximum absolute atomic E-state index is 10.0. The summed E-state index contributed by atoms with van der Waals surface area (Å²) in [5.74, 6) is 0.262. The fourth-order valence-corrected chi connectivity index (χ4v) is 2.91. The van der Waals surface area contributed by atoms with E-state index < -0.39 is 0 Å². The van der Waals surface area contributed by atoms with Gasteiger partial charge in [-0.25, -0.2) is 0 Å². The molecule has 0 saturated carbocycles. The molecule has 102 valence electrons. The van der Waals surface area contributed by atoms with E-state index in [9.17, 15) is 5.11 Å². The van der Waals surface area contributed by atoms with Crippen LogP contribution in [-0.2, 0) is 0 Å². The molecule has 0 spiro atoms. The van der Waals surface area contributed by atoms with Crippen LogP contribution in [0.15, 0.2) is 35.7 Å². The molecule has 0 aliphatic rings. The van der Waals surface area contributed by atoms with E-state index in [1.807, 2.05) is 26.1 Å². The van der Waals surface area contributed by atoms with E-state index in [1.165, 1.54) is 4.88 Å². The largest absolute Gasteiger partial charge is 0.508 e. The molecule has 1 aromatic carbocycles. The predicted octanol–water partition coefficient (Wildman–Crippen LogP) is 3.67. The van der Waals surface area contributed by atoms with E-state index in [0.29, 0.717) is 0 Å². The van der Waals surface area contributed by atoms with Crippen LogP contribution < -0.4 is 10.6 Å². The standard InChI is InChI=1S/C15H20N2OS/c1-10(16)13-7-6-12(9-14(13)18)17(3)11(2)15-5-4-8-19-15/h4-11,18H,16H2,1-3H3. The molecule has 0 aliphatic heterocycles. The van der Waals surface area contributed by atoms with Crippen LogP contribution in [0.2, 0.25) is 0 Å². The molecule has 0 bridgehead atoms. The fourth-order valence-electron chi connectivity index (χ4n) is 2.08. The van der Waals surface area contributed by atoms with E-state index in [1.54, 1.807) is 17.4 Å². The lowest BCUT2D eigenvalue weighted by molar-refractivity contribution is 0.463. The van der Waals surface area contributed by atoms with Crippen molar-refractivity contribution >= 4 is 17.0 Å². The van der Waals surface area contributed by atoms with Crippen molar-refractivity contribution in [1.29, 1.82) is 0 Å². The molecule has 0 radical (unpaired) electrons. The molecule has 0 fully saturated rings. The predicted molar refractivity (Wildman–Crippen MR) is 81.8 cm³/mol. The highest BCUT2D eigenvalue weighted by Gasteiger charge is 2.15. The Bertz CT molecular complexity index is 537. The Hall–Kier alpha value is -1.52. The fraction of sp³-hybridized carbons (Fsp3) is 0.333. The van der Waals surface area contributed by atoms with Crippen LogP contribution in [0.3, 0.4) is 0 Å². The van der Waals surface area contributed by atoms with Gasteiger partial charge in [-0.05, 0) is 31.4 Å². The SMILES string of the molecule is CC(N)c1ccc(N(C)C(C)c2cccs2)cc1O. The minimum Gasteiger partial charge on any atom is -0.508 e. The van der Waals surface area contributed by atoms with Crippen molar-refractivity contribution in [2.45, 2.75) is 25.9 Å². The average molecular weight is 276 g/mol. The highest BCUT2D eigenvalue weighted by molar-refractivity contribution is 7.10. The second-order valence-corrected chi connectivity index (χ2v) is 5.81. The van der Waals surface area contributed by atoms with Crippen molar-refractivity contribution in [3.63, 3.8) is 0 Å². The van der Waals surface area contributed by atoms with Crippen LogP contribution in [0, 0.1) is 0 Å². The maximum Gasteiger partial charge on any atom is 0.122 e. The number of phenolic OH excluding ortho intramolecular Hbond substituents is 1. The first kappa shape index (κ1) is 13.9. The summed E-state index contributed by atoms with van der Waals surface area (Å²) < 4.78 is 0. The van der Waals surface area contributed by atoms with E-state index in [-0.39, 0.29) is 17.8 Å². The molecule has 2 aromatic rings. The Morgan fingerprint density at radius 1 is 1.26 bits per heavy atom. The smallest absolute Gasteiger partial charge is 0.122 e. The van der Waals surface area contributed by atoms with Gasteiger partial charge < -0.3 is 15.7 Å². The quantitative estimate of drug-likeness (QED) is 0.895. The Morgan fingerprint density at radius 3 is 2.53 bits per heavy atom. The lowest BCUT2D eigenvalue weighted by Crippen LogP contribution is -2.20. The Labute approximate surface area is 118 Å². The van der Waals surface area contributed by atoms with Crippen LogP contribution in [0.4, 0.5) is 5.69 Å². The molecule has 0 amide bonds. The third-order valence-electron chi connectivity index (χ3n) is 3.45. The number of aromatic hydroxyl groups is 1. The van der Waals surface area contributed by atoms with Gasteiger partial charge in [0.05, 0.1) is 6.04 Å². The van der Waals surface area contributed by atoms with E-state index >= 15 is 0 Å². The van der Waals surface area contributed by atoms with Gasteiger partial charge in [0.1, 0.15) is 5.75 Å². The molecule has 0 aliphatic carbocycles. The second-order valence-electron chi connectivity index (χ2n) is 4.83. The lowest BCUT2D eigenvalue weighted by Gasteiger charge is -2.27. The summed E-state index contributed by atoms with van der Waals surface area (Å²) in [5.41, 5.74) is 7.57. The molecule has 2 rings (SSSR count). The van der Waals surface area contributed by atoms with Crippen molar-refractivity contribution in [3.05, 3.63) is 46.2 Å². The maximum atomic E-state index is 10.0. The van der Waals surface area contributed by atoms with Crippen molar-refractivity contribution in [3.8, 4) is 5.75 Å². The van der Waals surface area contributed by atoms with Gasteiger partial charge in [0, 0.05) is 35.3 Å². The van der Waals surface area contributed by atoms with Crippen molar-refractivity contribution < 1.29 is 5.11 Å². The van der Waals surface area contributed by atoms with Crippen molar-refractivity contribution in [1.82, 2.24) is 0 Å². The second kappa shape index (κ2) is 5.63. The molecule has 1 aromatic heterocycles. The van der Waals surface area contributed by atoms with Gasteiger partial charge in [-0.2, -0.15) is 0 Å². The topological polar surface area (TPSA) is 49.5 Å². The summed E-state index contributed by atoms with van der Waals surface area (Å²) in [6.45, 7) is 4.02. The molecule has 2 atom stereocenters. The van der Waals surface area contributed by atoms with Gasteiger partial charge in [0.2, 0.25) is 0 Å². The molecule has 19 heavy (non-hydrogen) atoms. The van der Waals surface area contributed by atoms with E-state index in [0.717, 1.165) is 11.3 Å². The zero-order valence-electron chi connectivity index (χ0n) is 11.5. The minimum absolute atomic E-state index is 0.158. The van der Waals surface area contributed by atoms with Crippen LogP contribution in [-0.4, -0.2) is 12.2 Å². The molecule has 2 unspecified atom stereocenters. The van der Waals surface area contributed by atoms with E-state index in [2.05, 4.69) is 29.3 Å². The lowest BCUT2D eigenvalue weighted by atomic mass is 10.1. The third-order valence-corrected chi connectivity index (χ3v) is 4.49. The van der Waals surface area contributed by atoms with Gasteiger partial charge in [0.15, 0.2) is 0 Å². The molecule has 0 saturated heterocycles. The zero-order valence-corrected chi connectivity index (χ0v) is 12.3. The number of thiophene rings is 1. The average Bonchev–Trinajstić information content (AvgIpc) is 2.90. The number of nitrogens with two attached hydrogens (primary N) is 1. The molecule has 4 heteroatoms. The minimum atomic E-state index is -0.158. The third kappa shape index (κ3) is 2.91. The normalized spacial score (nSPS) is 14.1. The van der Waals surface area contributed by atoms with Crippen LogP contribution in [0.1, 0.15) is 36.4 Å². The Balaban J connectivity index is 2.24. The van der Waals surface area contributed by atoms with Crippen LogP contribution >= 0.6 is 11.3 Å². The van der Waals surface area contributed by atoms with Crippen molar-refractivity contribution in [2.24, 2.45) is 5.73 Å². The summed E-state index contributed by atoms with van der Waals surface area (Å²) in [6.07, 6.45) is 0. The molecule has 1 heterocycles. The Morgan fingerprint density at radius 2 is 2.00 bits per heavy atom. The highest BCUT2D eigenvalue weighted by atomic mass is 32.1. The summed E-state index contributed by atoms with van der Waals surface area (Å²) in [6, 6.07) is 9.98. The number of benzene rings is 1. The number of rotatable bonds is 4. The summed E-state index contributed by atoms with van der Waals surface area (Å²) >= 11 is 1.74. The van der Waals surface area contributed by atoms with Crippen molar-refractivity contribution in [2.75, 3.05) is 11.9 Å². The number of phenols is 1. The highest BCUT2D eigenvalue weighted by Crippen LogP contribution is 2.32. The van der Waals surface area contributed by atoms with Gasteiger partial charge in [-0.3, -0.25) is 0 Å². The molecular formula is C15H20N2OS.